The van der Waals surface area contributed by atoms with Crippen LogP contribution in [0, 0.1) is 5.92 Å². The van der Waals surface area contributed by atoms with Gasteiger partial charge < -0.3 is 4.74 Å². The molecular formula is C16H22N4O3S. The number of tetrazole rings is 1. The highest BCUT2D eigenvalue weighted by Gasteiger charge is 2.30. The van der Waals surface area contributed by atoms with Crippen molar-refractivity contribution in [1.82, 2.24) is 20.2 Å². The minimum Gasteiger partial charge on any atom is -0.378 e. The van der Waals surface area contributed by atoms with E-state index in [9.17, 15) is 8.42 Å². The van der Waals surface area contributed by atoms with Crippen molar-refractivity contribution in [3.05, 3.63) is 30.3 Å². The van der Waals surface area contributed by atoms with Crippen LogP contribution in [-0.4, -0.2) is 47.1 Å². The summed E-state index contributed by atoms with van der Waals surface area (Å²) in [5, 5.41) is 11.0. The molecule has 1 aliphatic heterocycles. The monoisotopic (exact) mass is 350 g/mol. The number of benzene rings is 1. The zero-order valence-corrected chi connectivity index (χ0v) is 14.5. The zero-order chi connectivity index (χ0) is 17.0. The second-order valence-electron chi connectivity index (χ2n) is 6.18. The summed E-state index contributed by atoms with van der Waals surface area (Å²) < 4.78 is 32.6. The molecular weight excluding hydrogens is 328 g/mol. The SMILES string of the molecule is CCCC1CCC(CS(=O)(=O)c2nnnn2-c2ccccc2)CO1. The molecule has 0 saturated carbocycles. The molecule has 0 spiro atoms. The average Bonchev–Trinajstić information content (AvgIpc) is 3.08. The van der Waals surface area contributed by atoms with Crippen LogP contribution in [-0.2, 0) is 14.6 Å². The standard InChI is InChI=1S/C16H22N4O3S/c1-2-6-15-10-9-13(11-23-15)12-24(21,22)16-17-18-19-20(16)14-7-4-3-5-8-14/h3-5,7-8,13,15H,2,6,9-12H2,1H3. The number of sulfone groups is 1. The van der Waals surface area contributed by atoms with Crippen molar-refractivity contribution in [1.29, 1.82) is 0 Å². The van der Waals surface area contributed by atoms with Crippen LogP contribution in [0.3, 0.4) is 0 Å². The van der Waals surface area contributed by atoms with Crippen molar-refractivity contribution in [3.63, 3.8) is 0 Å². The zero-order valence-electron chi connectivity index (χ0n) is 13.7. The third-order valence-electron chi connectivity index (χ3n) is 4.25. The average molecular weight is 350 g/mol. The van der Waals surface area contributed by atoms with E-state index in [1.165, 1.54) is 4.68 Å². The van der Waals surface area contributed by atoms with Gasteiger partial charge in [-0.3, -0.25) is 0 Å². The lowest BCUT2D eigenvalue weighted by molar-refractivity contribution is -0.0144. The molecule has 1 fully saturated rings. The minimum absolute atomic E-state index is 0.0102. The van der Waals surface area contributed by atoms with Gasteiger partial charge in [-0.25, -0.2) is 8.42 Å². The number of nitrogens with zero attached hydrogens (tertiary/aromatic N) is 4. The van der Waals surface area contributed by atoms with Gasteiger partial charge in [0.25, 0.3) is 5.16 Å². The highest BCUT2D eigenvalue weighted by atomic mass is 32.2. The Hall–Kier alpha value is -1.80. The van der Waals surface area contributed by atoms with Crippen molar-refractivity contribution >= 4 is 9.84 Å². The molecule has 1 aromatic heterocycles. The Kier molecular flexibility index (Phi) is 5.25. The summed E-state index contributed by atoms with van der Waals surface area (Å²) in [6, 6.07) is 9.03. The predicted octanol–water partition coefficient (Wildman–Crippen LogP) is 2.03. The topological polar surface area (TPSA) is 87.0 Å². The molecule has 0 bridgehead atoms. The number of hydrogen-bond acceptors (Lipinski definition) is 6. The van der Waals surface area contributed by atoms with Gasteiger partial charge in [-0.2, -0.15) is 4.68 Å². The van der Waals surface area contributed by atoms with Crippen LogP contribution in [0.5, 0.6) is 0 Å². The van der Waals surface area contributed by atoms with E-state index < -0.39 is 9.84 Å². The first-order chi connectivity index (χ1) is 11.6. The number of aromatic nitrogens is 4. The molecule has 24 heavy (non-hydrogen) atoms. The molecule has 0 amide bonds. The summed E-state index contributed by atoms with van der Waals surface area (Å²) in [5.74, 6) is 0.00279. The van der Waals surface area contributed by atoms with E-state index >= 15 is 0 Å². The first kappa shape index (κ1) is 17.0. The lowest BCUT2D eigenvalue weighted by Crippen LogP contribution is -2.31. The van der Waals surface area contributed by atoms with Crippen LogP contribution in [0.4, 0.5) is 0 Å². The van der Waals surface area contributed by atoms with Crippen LogP contribution >= 0.6 is 0 Å². The smallest absolute Gasteiger partial charge is 0.272 e. The van der Waals surface area contributed by atoms with Crippen molar-refractivity contribution in [2.24, 2.45) is 5.92 Å². The Bertz CT molecular complexity index is 753. The summed E-state index contributed by atoms with van der Waals surface area (Å²) in [5.41, 5.74) is 0.629. The van der Waals surface area contributed by atoms with Crippen molar-refractivity contribution in [3.8, 4) is 5.69 Å². The number of rotatable bonds is 6. The Morgan fingerprint density at radius 1 is 1.25 bits per heavy atom. The van der Waals surface area contributed by atoms with Gasteiger partial charge in [0.05, 0.1) is 24.2 Å². The van der Waals surface area contributed by atoms with Gasteiger partial charge in [-0.15, -0.1) is 0 Å². The minimum atomic E-state index is -3.58. The van der Waals surface area contributed by atoms with Crippen LogP contribution in [0.25, 0.3) is 5.69 Å². The van der Waals surface area contributed by atoms with Gasteiger partial charge in [-0.1, -0.05) is 36.6 Å². The molecule has 2 unspecified atom stereocenters. The second-order valence-corrected chi connectivity index (χ2v) is 8.11. The third kappa shape index (κ3) is 3.81. The summed E-state index contributed by atoms with van der Waals surface area (Å²) in [6.07, 6.45) is 4.16. The maximum absolute atomic E-state index is 12.7. The summed E-state index contributed by atoms with van der Waals surface area (Å²) >= 11 is 0. The molecule has 1 saturated heterocycles. The Morgan fingerprint density at radius 3 is 2.71 bits per heavy atom. The van der Waals surface area contributed by atoms with Gasteiger partial charge in [0.1, 0.15) is 0 Å². The van der Waals surface area contributed by atoms with Gasteiger partial charge in [0.15, 0.2) is 0 Å². The van der Waals surface area contributed by atoms with Gasteiger partial charge in [-0.05, 0) is 47.7 Å². The van der Waals surface area contributed by atoms with Gasteiger partial charge >= 0.3 is 0 Å². The molecule has 1 aromatic carbocycles. The summed E-state index contributed by atoms with van der Waals surface area (Å²) in [7, 11) is -3.58. The maximum Gasteiger partial charge on any atom is 0.272 e. The van der Waals surface area contributed by atoms with Crippen LogP contribution in [0.15, 0.2) is 35.5 Å². The molecule has 0 radical (unpaired) electrons. The lowest BCUT2D eigenvalue weighted by Gasteiger charge is -2.28. The summed E-state index contributed by atoms with van der Waals surface area (Å²) in [6.45, 7) is 2.61. The van der Waals surface area contributed by atoms with E-state index in [0.717, 1.165) is 25.7 Å². The van der Waals surface area contributed by atoms with E-state index in [0.29, 0.717) is 12.3 Å². The van der Waals surface area contributed by atoms with Crippen molar-refractivity contribution in [2.75, 3.05) is 12.4 Å². The highest BCUT2D eigenvalue weighted by molar-refractivity contribution is 7.91. The number of ether oxygens (including phenoxy) is 1. The molecule has 2 aromatic rings. The van der Waals surface area contributed by atoms with E-state index in [1.807, 2.05) is 18.2 Å². The Balaban J connectivity index is 1.72. The molecule has 0 N–H and O–H groups in total. The van der Waals surface area contributed by atoms with Crippen LogP contribution in [0.2, 0.25) is 0 Å². The molecule has 1 aliphatic rings. The fourth-order valence-corrected chi connectivity index (χ4v) is 4.63. The first-order valence-electron chi connectivity index (χ1n) is 8.28. The molecule has 8 heteroatoms. The van der Waals surface area contributed by atoms with E-state index in [4.69, 9.17) is 4.74 Å². The molecule has 0 aliphatic carbocycles. The molecule has 7 nitrogen and oxygen atoms in total. The summed E-state index contributed by atoms with van der Waals surface area (Å²) in [4.78, 5) is 0. The molecule has 130 valence electrons. The number of hydrogen-bond donors (Lipinski definition) is 0. The molecule has 2 atom stereocenters. The van der Waals surface area contributed by atoms with Crippen molar-refractivity contribution < 1.29 is 13.2 Å². The highest BCUT2D eigenvalue weighted by Crippen LogP contribution is 2.25. The molecule has 3 rings (SSSR count). The van der Waals surface area contributed by atoms with Crippen LogP contribution in [0.1, 0.15) is 32.6 Å². The predicted molar refractivity (Wildman–Crippen MR) is 88.6 cm³/mol. The normalized spacial score (nSPS) is 21.7. The Labute approximate surface area is 141 Å². The van der Waals surface area contributed by atoms with E-state index in [1.54, 1.807) is 12.1 Å². The first-order valence-corrected chi connectivity index (χ1v) is 9.93. The van der Waals surface area contributed by atoms with Gasteiger partial charge in [0, 0.05) is 0 Å². The maximum atomic E-state index is 12.7. The third-order valence-corrected chi connectivity index (χ3v) is 5.97. The fraction of sp³-hybridized carbons (Fsp3) is 0.562. The quantitative estimate of drug-likeness (QED) is 0.792. The van der Waals surface area contributed by atoms with Crippen molar-refractivity contribution in [2.45, 2.75) is 43.9 Å². The van der Waals surface area contributed by atoms with Gasteiger partial charge in [0.2, 0.25) is 9.84 Å². The molecule has 2 heterocycles. The fourth-order valence-electron chi connectivity index (χ4n) is 3.03. The van der Waals surface area contributed by atoms with E-state index in [-0.39, 0.29) is 22.9 Å². The van der Waals surface area contributed by atoms with E-state index in [2.05, 4.69) is 22.4 Å². The number of para-hydroxylation sites is 1. The second kappa shape index (κ2) is 7.40. The largest absolute Gasteiger partial charge is 0.378 e. The lowest BCUT2D eigenvalue weighted by atomic mass is 9.98. The Morgan fingerprint density at radius 2 is 2.04 bits per heavy atom. The van der Waals surface area contributed by atoms with Crippen LogP contribution < -0.4 is 0 Å².